The molecule has 1 unspecified atom stereocenters. The molecular weight excluding hydrogens is 295 g/mol. The molecule has 0 bridgehead atoms. The molecule has 1 N–H and O–H groups in total. The largest absolute Gasteiger partial charge is 0.376 e. The van der Waals surface area contributed by atoms with Crippen molar-refractivity contribution in [2.45, 2.75) is 19.9 Å². The van der Waals surface area contributed by atoms with Crippen LogP contribution in [0.2, 0.25) is 0 Å². The lowest BCUT2D eigenvalue weighted by atomic mass is 10.1. The minimum atomic E-state index is -0.175. The van der Waals surface area contributed by atoms with Gasteiger partial charge in [0.25, 0.3) is 0 Å². The number of halogens is 2. The van der Waals surface area contributed by atoms with Crippen LogP contribution >= 0.6 is 15.9 Å². The van der Waals surface area contributed by atoms with Gasteiger partial charge in [0.15, 0.2) is 0 Å². The second-order valence-electron chi connectivity index (χ2n) is 4.22. The lowest BCUT2D eigenvalue weighted by Gasteiger charge is -2.16. The van der Waals surface area contributed by atoms with Crippen LogP contribution in [0.3, 0.4) is 0 Å². The third kappa shape index (κ3) is 2.88. The van der Waals surface area contributed by atoms with Crippen molar-refractivity contribution >= 4 is 21.6 Å². The molecule has 2 rings (SSSR count). The predicted molar refractivity (Wildman–Crippen MR) is 75.1 cm³/mol. The van der Waals surface area contributed by atoms with E-state index in [1.165, 1.54) is 0 Å². The van der Waals surface area contributed by atoms with Gasteiger partial charge in [-0.05, 0) is 59.1 Å². The van der Waals surface area contributed by atoms with Crippen LogP contribution in [0.25, 0.3) is 0 Å². The molecule has 1 aromatic carbocycles. The summed E-state index contributed by atoms with van der Waals surface area (Å²) >= 11 is 3.38. The molecule has 2 aromatic rings. The number of aromatic nitrogens is 1. The molecule has 0 saturated heterocycles. The fourth-order valence-corrected chi connectivity index (χ4v) is 2.05. The van der Waals surface area contributed by atoms with Crippen molar-refractivity contribution in [3.05, 3.63) is 58.1 Å². The maximum Gasteiger partial charge on any atom is 0.129 e. The van der Waals surface area contributed by atoms with Crippen molar-refractivity contribution in [2.75, 3.05) is 5.32 Å². The van der Waals surface area contributed by atoms with Crippen LogP contribution in [-0.4, -0.2) is 4.98 Å². The average Bonchev–Trinajstić information content (AvgIpc) is 2.35. The third-order valence-corrected chi connectivity index (χ3v) is 3.46. The zero-order valence-electron chi connectivity index (χ0n) is 10.2. The smallest absolute Gasteiger partial charge is 0.129 e. The standard InChI is InChI=1S/C14H14BrFN2/c1-9-5-6-11(8-12(9)16)10(2)18-13-4-3-7-17-14(13)15/h3-8,10,18H,1-2H3. The highest BCUT2D eigenvalue weighted by Crippen LogP contribution is 2.25. The van der Waals surface area contributed by atoms with E-state index in [1.807, 2.05) is 25.1 Å². The van der Waals surface area contributed by atoms with Crippen molar-refractivity contribution in [1.82, 2.24) is 4.98 Å². The quantitative estimate of drug-likeness (QED) is 0.847. The zero-order valence-corrected chi connectivity index (χ0v) is 11.8. The Morgan fingerprint density at radius 1 is 1.33 bits per heavy atom. The van der Waals surface area contributed by atoms with Gasteiger partial charge in [0.1, 0.15) is 10.4 Å². The molecular formula is C14H14BrFN2. The molecule has 2 nitrogen and oxygen atoms in total. The van der Waals surface area contributed by atoms with Crippen LogP contribution in [0.4, 0.5) is 10.1 Å². The highest BCUT2D eigenvalue weighted by atomic mass is 79.9. The molecule has 0 radical (unpaired) electrons. The van der Waals surface area contributed by atoms with E-state index in [2.05, 4.69) is 26.2 Å². The van der Waals surface area contributed by atoms with E-state index < -0.39 is 0 Å². The molecule has 0 saturated carbocycles. The Labute approximate surface area is 114 Å². The minimum absolute atomic E-state index is 0.0144. The van der Waals surface area contributed by atoms with Crippen LogP contribution in [0.5, 0.6) is 0 Å². The summed E-state index contributed by atoms with van der Waals surface area (Å²) < 4.78 is 14.3. The van der Waals surface area contributed by atoms with Gasteiger partial charge in [0, 0.05) is 12.2 Å². The first-order valence-electron chi connectivity index (χ1n) is 5.71. The number of nitrogens with one attached hydrogen (secondary N) is 1. The van der Waals surface area contributed by atoms with Gasteiger partial charge in [0.2, 0.25) is 0 Å². The van der Waals surface area contributed by atoms with Gasteiger partial charge in [-0.3, -0.25) is 0 Å². The van der Waals surface area contributed by atoms with Gasteiger partial charge in [-0.1, -0.05) is 12.1 Å². The molecule has 94 valence electrons. The van der Waals surface area contributed by atoms with E-state index in [0.717, 1.165) is 15.9 Å². The van der Waals surface area contributed by atoms with Crippen molar-refractivity contribution in [3.63, 3.8) is 0 Å². The maximum absolute atomic E-state index is 13.5. The molecule has 0 aliphatic heterocycles. The van der Waals surface area contributed by atoms with Crippen LogP contribution in [0.1, 0.15) is 24.1 Å². The van der Waals surface area contributed by atoms with Crippen molar-refractivity contribution < 1.29 is 4.39 Å². The Balaban J connectivity index is 2.19. The van der Waals surface area contributed by atoms with Gasteiger partial charge in [-0.2, -0.15) is 0 Å². The lowest BCUT2D eigenvalue weighted by molar-refractivity contribution is 0.614. The summed E-state index contributed by atoms with van der Waals surface area (Å²) in [4.78, 5) is 4.14. The number of hydrogen-bond acceptors (Lipinski definition) is 2. The van der Waals surface area contributed by atoms with Crippen LogP contribution in [0, 0.1) is 12.7 Å². The SMILES string of the molecule is Cc1ccc(C(C)Nc2cccnc2Br)cc1F. The molecule has 0 fully saturated rings. The predicted octanol–water partition coefficient (Wildman–Crippen LogP) is 4.46. The second kappa shape index (κ2) is 5.48. The van der Waals surface area contributed by atoms with Gasteiger partial charge in [-0.15, -0.1) is 0 Å². The fourth-order valence-electron chi connectivity index (χ4n) is 1.69. The summed E-state index contributed by atoms with van der Waals surface area (Å²) in [5.74, 6) is -0.175. The lowest BCUT2D eigenvalue weighted by Crippen LogP contribution is -2.08. The van der Waals surface area contributed by atoms with Gasteiger partial charge < -0.3 is 5.32 Å². The highest BCUT2D eigenvalue weighted by Gasteiger charge is 2.09. The highest BCUT2D eigenvalue weighted by molar-refractivity contribution is 9.10. The molecule has 0 spiro atoms. The van der Waals surface area contributed by atoms with E-state index in [-0.39, 0.29) is 11.9 Å². The Hall–Kier alpha value is -1.42. The summed E-state index contributed by atoms with van der Waals surface area (Å²) in [6.45, 7) is 3.75. The molecule has 0 aliphatic carbocycles. The number of benzene rings is 1. The first kappa shape index (κ1) is 13.0. The second-order valence-corrected chi connectivity index (χ2v) is 4.97. The van der Waals surface area contributed by atoms with Gasteiger partial charge >= 0.3 is 0 Å². The summed E-state index contributed by atoms with van der Waals surface area (Å²) in [6, 6.07) is 9.09. The Kier molecular flexibility index (Phi) is 3.97. The number of anilines is 1. The molecule has 4 heteroatoms. The van der Waals surface area contributed by atoms with Gasteiger partial charge in [0.05, 0.1) is 5.69 Å². The maximum atomic E-state index is 13.5. The number of nitrogens with zero attached hydrogens (tertiary/aromatic N) is 1. The molecule has 1 atom stereocenters. The Morgan fingerprint density at radius 3 is 2.78 bits per heavy atom. The Morgan fingerprint density at radius 2 is 2.11 bits per heavy atom. The van der Waals surface area contributed by atoms with E-state index in [0.29, 0.717) is 5.56 Å². The summed E-state index contributed by atoms with van der Waals surface area (Å²) in [7, 11) is 0. The molecule has 18 heavy (non-hydrogen) atoms. The monoisotopic (exact) mass is 308 g/mol. The zero-order chi connectivity index (χ0) is 13.1. The van der Waals surface area contributed by atoms with Crippen LogP contribution in [0.15, 0.2) is 41.1 Å². The van der Waals surface area contributed by atoms with E-state index >= 15 is 0 Å². The minimum Gasteiger partial charge on any atom is -0.376 e. The number of pyridine rings is 1. The molecule has 0 aliphatic rings. The van der Waals surface area contributed by atoms with Crippen LogP contribution in [-0.2, 0) is 0 Å². The number of aryl methyl sites for hydroxylation is 1. The Bertz CT molecular complexity index is 557. The summed E-state index contributed by atoms with van der Waals surface area (Å²) in [5, 5.41) is 3.30. The van der Waals surface area contributed by atoms with E-state index in [4.69, 9.17) is 0 Å². The summed E-state index contributed by atoms with van der Waals surface area (Å²) in [6.07, 6.45) is 1.71. The van der Waals surface area contributed by atoms with Gasteiger partial charge in [-0.25, -0.2) is 9.37 Å². The van der Waals surface area contributed by atoms with Crippen LogP contribution < -0.4 is 5.32 Å². The third-order valence-electron chi connectivity index (χ3n) is 2.83. The first-order valence-corrected chi connectivity index (χ1v) is 6.50. The van der Waals surface area contributed by atoms with Crippen molar-refractivity contribution in [1.29, 1.82) is 0 Å². The summed E-state index contributed by atoms with van der Waals surface area (Å²) in [5.41, 5.74) is 2.47. The van der Waals surface area contributed by atoms with E-state index in [9.17, 15) is 4.39 Å². The molecule has 1 aromatic heterocycles. The molecule has 1 heterocycles. The van der Waals surface area contributed by atoms with Crippen molar-refractivity contribution in [3.8, 4) is 0 Å². The molecule has 0 amide bonds. The number of hydrogen-bond donors (Lipinski definition) is 1. The number of rotatable bonds is 3. The van der Waals surface area contributed by atoms with E-state index in [1.54, 1.807) is 25.3 Å². The topological polar surface area (TPSA) is 24.9 Å². The fraction of sp³-hybridized carbons (Fsp3) is 0.214. The average molecular weight is 309 g/mol. The van der Waals surface area contributed by atoms with Crippen molar-refractivity contribution in [2.24, 2.45) is 0 Å². The first-order chi connectivity index (χ1) is 8.58. The normalized spacial score (nSPS) is 12.2.